The Morgan fingerprint density at radius 2 is 2.15 bits per heavy atom. The first-order valence-corrected chi connectivity index (χ1v) is 6.35. The highest BCUT2D eigenvalue weighted by Gasteiger charge is 2.36. The number of hydrogen-bond donors (Lipinski definition) is 2. The molecule has 0 aliphatic carbocycles. The van der Waals surface area contributed by atoms with Crippen molar-refractivity contribution in [2.75, 3.05) is 11.9 Å². The standard InChI is InChI=1S/C12H14N4O3S/c1-12(2)7-15(11(20)14-12)10(17)13-8-5-3-4-6-9(8)16(18)19/h3-6H,7H2,1-2H3,(H,13,17)(H,14,20). The van der Waals surface area contributed by atoms with Crippen LogP contribution in [-0.2, 0) is 0 Å². The van der Waals surface area contributed by atoms with Gasteiger partial charge in [0.05, 0.1) is 17.0 Å². The summed E-state index contributed by atoms with van der Waals surface area (Å²) in [7, 11) is 0. The Bertz CT molecular complexity index is 588. The van der Waals surface area contributed by atoms with Crippen molar-refractivity contribution in [2.24, 2.45) is 0 Å². The summed E-state index contributed by atoms with van der Waals surface area (Å²) in [6.07, 6.45) is 0. The first kappa shape index (κ1) is 14.2. The molecule has 20 heavy (non-hydrogen) atoms. The van der Waals surface area contributed by atoms with Gasteiger partial charge in [0.25, 0.3) is 5.69 Å². The van der Waals surface area contributed by atoms with Gasteiger partial charge in [-0.05, 0) is 32.1 Å². The molecule has 8 heteroatoms. The van der Waals surface area contributed by atoms with E-state index in [0.29, 0.717) is 11.7 Å². The van der Waals surface area contributed by atoms with E-state index in [1.54, 1.807) is 12.1 Å². The number of nitrogens with one attached hydrogen (secondary N) is 2. The van der Waals surface area contributed by atoms with E-state index >= 15 is 0 Å². The van der Waals surface area contributed by atoms with Crippen molar-refractivity contribution in [1.82, 2.24) is 10.2 Å². The zero-order valence-corrected chi connectivity index (χ0v) is 11.9. The van der Waals surface area contributed by atoms with E-state index in [-0.39, 0.29) is 16.9 Å². The fraction of sp³-hybridized carbons (Fsp3) is 0.333. The summed E-state index contributed by atoms with van der Waals surface area (Å²) in [5, 5.41) is 16.7. The predicted molar refractivity (Wildman–Crippen MR) is 78.6 cm³/mol. The Balaban J connectivity index is 2.17. The van der Waals surface area contributed by atoms with Crippen molar-refractivity contribution < 1.29 is 9.72 Å². The van der Waals surface area contributed by atoms with Gasteiger partial charge < -0.3 is 10.6 Å². The van der Waals surface area contributed by atoms with Gasteiger partial charge in [-0.15, -0.1) is 0 Å². The minimum absolute atomic E-state index is 0.148. The van der Waals surface area contributed by atoms with Gasteiger partial charge in [0.15, 0.2) is 5.11 Å². The molecule has 1 heterocycles. The molecule has 2 rings (SSSR count). The van der Waals surface area contributed by atoms with Crippen molar-refractivity contribution in [3.63, 3.8) is 0 Å². The van der Waals surface area contributed by atoms with E-state index in [1.165, 1.54) is 17.0 Å². The van der Waals surface area contributed by atoms with Crippen molar-refractivity contribution in [3.8, 4) is 0 Å². The number of anilines is 1. The highest BCUT2D eigenvalue weighted by atomic mass is 32.1. The first-order valence-electron chi connectivity index (χ1n) is 5.94. The molecular weight excluding hydrogens is 280 g/mol. The number of nitro benzene ring substituents is 1. The Morgan fingerprint density at radius 3 is 2.70 bits per heavy atom. The highest BCUT2D eigenvalue weighted by molar-refractivity contribution is 7.80. The van der Waals surface area contributed by atoms with Gasteiger partial charge in [-0.25, -0.2) is 4.79 Å². The third-order valence-electron chi connectivity index (χ3n) is 2.83. The number of amides is 2. The molecule has 1 aromatic rings. The van der Waals surface area contributed by atoms with Crippen LogP contribution >= 0.6 is 12.2 Å². The molecule has 1 saturated heterocycles. The summed E-state index contributed by atoms with van der Waals surface area (Å²) >= 11 is 5.09. The molecule has 7 nitrogen and oxygen atoms in total. The lowest BCUT2D eigenvalue weighted by atomic mass is 10.1. The van der Waals surface area contributed by atoms with E-state index in [0.717, 1.165) is 0 Å². The molecule has 0 radical (unpaired) electrons. The number of thiocarbonyl (C=S) groups is 1. The average Bonchev–Trinajstić information content (AvgIpc) is 2.63. The fourth-order valence-electron chi connectivity index (χ4n) is 1.95. The van der Waals surface area contributed by atoms with Crippen LogP contribution in [0.3, 0.4) is 0 Å². The Hall–Kier alpha value is -2.22. The second-order valence-electron chi connectivity index (χ2n) is 5.10. The van der Waals surface area contributed by atoms with Crippen molar-refractivity contribution in [1.29, 1.82) is 0 Å². The van der Waals surface area contributed by atoms with Crippen LogP contribution in [0, 0.1) is 10.1 Å². The summed E-state index contributed by atoms with van der Waals surface area (Å²) in [6, 6.07) is 5.49. The van der Waals surface area contributed by atoms with Crippen LogP contribution in [-0.4, -0.2) is 33.1 Å². The zero-order valence-electron chi connectivity index (χ0n) is 11.0. The number of carbonyl (C=O) groups excluding carboxylic acids is 1. The molecular formula is C12H14N4O3S. The minimum Gasteiger partial charge on any atom is -0.355 e. The van der Waals surface area contributed by atoms with Crippen LogP contribution in [0.25, 0.3) is 0 Å². The maximum Gasteiger partial charge on any atom is 0.328 e. The Morgan fingerprint density at radius 1 is 1.50 bits per heavy atom. The number of para-hydroxylation sites is 2. The molecule has 106 valence electrons. The largest absolute Gasteiger partial charge is 0.355 e. The SMILES string of the molecule is CC1(C)CN(C(=O)Nc2ccccc2[N+](=O)[O-])C(=S)N1. The molecule has 2 N–H and O–H groups in total. The second-order valence-corrected chi connectivity index (χ2v) is 5.49. The number of hydrogen-bond acceptors (Lipinski definition) is 4. The molecule has 0 spiro atoms. The molecule has 1 aromatic carbocycles. The van der Waals surface area contributed by atoms with Crippen LogP contribution in [0.1, 0.15) is 13.8 Å². The molecule has 0 bridgehead atoms. The lowest BCUT2D eigenvalue weighted by Gasteiger charge is -2.17. The maximum absolute atomic E-state index is 12.2. The van der Waals surface area contributed by atoms with E-state index in [1.807, 2.05) is 13.8 Å². The van der Waals surface area contributed by atoms with Gasteiger partial charge >= 0.3 is 6.03 Å². The minimum atomic E-state index is -0.542. The molecule has 0 unspecified atom stereocenters. The van der Waals surface area contributed by atoms with Gasteiger partial charge in [-0.3, -0.25) is 15.0 Å². The summed E-state index contributed by atoms with van der Waals surface area (Å²) < 4.78 is 0. The maximum atomic E-state index is 12.2. The van der Waals surface area contributed by atoms with Gasteiger partial charge in [0.2, 0.25) is 0 Å². The van der Waals surface area contributed by atoms with Crippen molar-refractivity contribution in [3.05, 3.63) is 34.4 Å². The summed E-state index contributed by atoms with van der Waals surface area (Å²) in [6.45, 7) is 4.23. The average molecular weight is 294 g/mol. The van der Waals surface area contributed by atoms with Crippen LogP contribution in [0.4, 0.5) is 16.2 Å². The molecule has 1 aliphatic rings. The number of urea groups is 1. The molecule has 0 aromatic heterocycles. The number of rotatable bonds is 2. The molecule has 1 fully saturated rings. The van der Waals surface area contributed by atoms with Crippen LogP contribution in [0.2, 0.25) is 0 Å². The lowest BCUT2D eigenvalue weighted by molar-refractivity contribution is -0.383. The number of benzene rings is 1. The van der Waals surface area contributed by atoms with Crippen LogP contribution < -0.4 is 10.6 Å². The Labute approximate surface area is 121 Å². The highest BCUT2D eigenvalue weighted by Crippen LogP contribution is 2.24. The molecule has 1 aliphatic heterocycles. The van der Waals surface area contributed by atoms with Crippen molar-refractivity contribution >= 4 is 34.7 Å². The lowest BCUT2D eigenvalue weighted by Crippen LogP contribution is -2.37. The monoisotopic (exact) mass is 294 g/mol. The predicted octanol–water partition coefficient (Wildman–Crippen LogP) is 2.10. The van der Waals surface area contributed by atoms with E-state index in [2.05, 4.69) is 10.6 Å². The van der Waals surface area contributed by atoms with E-state index in [9.17, 15) is 14.9 Å². The molecule has 0 atom stereocenters. The summed E-state index contributed by atoms with van der Waals surface area (Å²) in [5.74, 6) is 0. The normalized spacial score (nSPS) is 16.7. The topological polar surface area (TPSA) is 87.5 Å². The van der Waals surface area contributed by atoms with Crippen LogP contribution in [0.15, 0.2) is 24.3 Å². The molecule has 0 saturated carbocycles. The van der Waals surface area contributed by atoms with Gasteiger partial charge in [0.1, 0.15) is 5.69 Å². The number of nitrogens with zero attached hydrogens (tertiary/aromatic N) is 2. The van der Waals surface area contributed by atoms with E-state index < -0.39 is 11.0 Å². The van der Waals surface area contributed by atoms with E-state index in [4.69, 9.17) is 12.2 Å². The van der Waals surface area contributed by atoms with Gasteiger partial charge in [0, 0.05) is 6.07 Å². The van der Waals surface area contributed by atoms with Crippen LogP contribution in [0.5, 0.6) is 0 Å². The summed E-state index contributed by atoms with van der Waals surface area (Å²) in [4.78, 5) is 23.9. The molecule has 2 amide bonds. The van der Waals surface area contributed by atoms with Gasteiger partial charge in [-0.2, -0.15) is 0 Å². The summed E-state index contributed by atoms with van der Waals surface area (Å²) in [5.41, 5.74) is -0.315. The number of carbonyl (C=O) groups is 1. The Kier molecular flexibility index (Phi) is 3.58. The van der Waals surface area contributed by atoms with Crippen molar-refractivity contribution in [2.45, 2.75) is 19.4 Å². The first-order chi connectivity index (χ1) is 9.30. The second kappa shape index (κ2) is 5.04. The third kappa shape index (κ3) is 2.85. The van der Waals surface area contributed by atoms with Gasteiger partial charge in [-0.1, -0.05) is 12.1 Å². The fourth-order valence-corrected chi connectivity index (χ4v) is 2.37. The smallest absolute Gasteiger partial charge is 0.328 e. The quantitative estimate of drug-likeness (QED) is 0.495. The zero-order chi connectivity index (χ0) is 14.9. The number of nitro groups is 1. The third-order valence-corrected chi connectivity index (χ3v) is 3.15.